The number of ether oxygens (including phenoxy) is 1. The van der Waals surface area contributed by atoms with Gasteiger partial charge in [-0.2, -0.15) is 0 Å². The number of halogens is 1. The summed E-state index contributed by atoms with van der Waals surface area (Å²) in [5.41, 5.74) is 0.761. The van der Waals surface area contributed by atoms with Crippen molar-refractivity contribution in [1.29, 1.82) is 0 Å². The van der Waals surface area contributed by atoms with Crippen LogP contribution in [0, 0.1) is 0 Å². The van der Waals surface area contributed by atoms with Crippen molar-refractivity contribution < 1.29 is 9.84 Å². The molecule has 0 radical (unpaired) electrons. The Labute approximate surface area is 128 Å². The van der Waals surface area contributed by atoms with Crippen LogP contribution in [-0.2, 0) is 0 Å². The van der Waals surface area contributed by atoms with Crippen LogP contribution in [0.25, 0.3) is 10.8 Å². The maximum atomic E-state index is 9.84. The van der Waals surface area contributed by atoms with E-state index in [9.17, 15) is 5.11 Å². The molecule has 0 fully saturated rings. The van der Waals surface area contributed by atoms with Gasteiger partial charge in [-0.15, -0.1) is 0 Å². The van der Waals surface area contributed by atoms with E-state index >= 15 is 0 Å². The summed E-state index contributed by atoms with van der Waals surface area (Å²) < 4.78 is 6.02. The van der Waals surface area contributed by atoms with E-state index in [2.05, 4.69) is 0 Å². The van der Waals surface area contributed by atoms with E-state index in [0.717, 1.165) is 22.1 Å². The van der Waals surface area contributed by atoms with Crippen LogP contribution in [0.4, 0.5) is 0 Å². The molecular weight excluding hydrogens is 284 g/mol. The van der Waals surface area contributed by atoms with Crippen molar-refractivity contribution in [2.75, 3.05) is 0 Å². The molecule has 106 valence electrons. The molecule has 0 saturated carbocycles. The number of benzene rings is 3. The number of para-hydroxylation sites is 1. The minimum Gasteiger partial charge on any atom is -0.456 e. The van der Waals surface area contributed by atoms with Gasteiger partial charge in [-0.3, -0.25) is 0 Å². The predicted octanol–water partition coefficient (Wildman–Crippen LogP) is 5.34. The number of rotatable bonds is 3. The Kier molecular flexibility index (Phi) is 3.82. The van der Waals surface area contributed by atoms with E-state index in [4.69, 9.17) is 16.3 Å². The van der Waals surface area contributed by atoms with E-state index in [-0.39, 0.29) is 0 Å². The number of hydrogen-bond donors (Lipinski definition) is 1. The second kappa shape index (κ2) is 5.76. The highest BCUT2D eigenvalue weighted by molar-refractivity contribution is 6.35. The van der Waals surface area contributed by atoms with E-state index in [1.54, 1.807) is 6.92 Å². The van der Waals surface area contributed by atoms with Gasteiger partial charge in [-0.25, -0.2) is 0 Å². The number of fused-ring (bicyclic) bond motifs is 1. The minimum atomic E-state index is -0.584. The molecule has 1 atom stereocenters. The molecule has 0 bridgehead atoms. The molecule has 0 aromatic heterocycles. The lowest BCUT2D eigenvalue weighted by molar-refractivity contribution is 0.195. The summed E-state index contributed by atoms with van der Waals surface area (Å²) >= 11 is 6.22. The number of hydrogen-bond acceptors (Lipinski definition) is 2. The lowest BCUT2D eigenvalue weighted by Gasteiger charge is -2.14. The fraction of sp³-hybridized carbons (Fsp3) is 0.111. The van der Waals surface area contributed by atoms with Gasteiger partial charge < -0.3 is 9.84 Å². The third-order valence-electron chi connectivity index (χ3n) is 3.42. The average molecular weight is 299 g/mol. The first-order valence-corrected chi connectivity index (χ1v) is 7.16. The SMILES string of the molecule is C[C@H](O)c1ccccc1Oc1ccc(Cl)c2ccccc12. The number of aliphatic hydroxyl groups excluding tert-OH is 1. The van der Waals surface area contributed by atoms with Gasteiger partial charge in [0.1, 0.15) is 11.5 Å². The Morgan fingerprint density at radius 1 is 0.857 bits per heavy atom. The molecule has 3 aromatic carbocycles. The molecule has 3 rings (SSSR count). The van der Waals surface area contributed by atoms with Crippen molar-refractivity contribution in [1.82, 2.24) is 0 Å². The van der Waals surface area contributed by atoms with Crippen LogP contribution >= 0.6 is 11.6 Å². The quantitative estimate of drug-likeness (QED) is 0.707. The molecule has 0 aliphatic rings. The van der Waals surface area contributed by atoms with Crippen molar-refractivity contribution >= 4 is 22.4 Å². The molecule has 2 nitrogen and oxygen atoms in total. The zero-order valence-electron chi connectivity index (χ0n) is 11.6. The summed E-state index contributed by atoms with van der Waals surface area (Å²) in [4.78, 5) is 0. The monoisotopic (exact) mass is 298 g/mol. The fourth-order valence-electron chi connectivity index (χ4n) is 2.36. The molecule has 0 unspecified atom stereocenters. The highest BCUT2D eigenvalue weighted by Gasteiger charge is 2.11. The number of aliphatic hydroxyl groups is 1. The Morgan fingerprint density at radius 3 is 2.29 bits per heavy atom. The zero-order chi connectivity index (χ0) is 14.8. The summed E-state index contributed by atoms with van der Waals surface area (Å²) in [7, 11) is 0. The van der Waals surface area contributed by atoms with Crippen LogP contribution in [0.15, 0.2) is 60.7 Å². The van der Waals surface area contributed by atoms with E-state index in [1.165, 1.54) is 0 Å². The van der Waals surface area contributed by atoms with E-state index in [1.807, 2.05) is 60.7 Å². The predicted molar refractivity (Wildman–Crippen MR) is 86.1 cm³/mol. The highest BCUT2D eigenvalue weighted by Crippen LogP contribution is 2.36. The normalized spacial score (nSPS) is 12.3. The molecule has 0 spiro atoms. The maximum Gasteiger partial charge on any atom is 0.135 e. The molecular formula is C18H15ClO2. The minimum absolute atomic E-state index is 0.584. The van der Waals surface area contributed by atoms with Crippen molar-refractivity contribution in [2.45, 2.75) is 13.0 Å². The maximum absolute atomic E-state index is 9.84. The third kappa shape index (κ3) is 2.73. The molecule has 0 saturated heterocycles. The molecule has 1 N–H and O–H groups in total. The van der Waals surface area contributed by atoms with Crippen LogP contribution in [0.1, 0.15) is 18.6 Å². The first-order valence-electron chi connectivity index (χ1n) is 6.79. The van der Waals surface area contributed by atoms with Gasteiger partial charge in [0.05, 0.1) is 6.10 Å². The average Bonchev–Trinajstić information content (AvgIpc) is 2.51. The molecule has 0 aliphatic carbocycles. The van der Waals surface area contributed by atoms with Gasteiger partial charge in [0.2, 0.25) is 0 Å². The molecule has 0 amide bonds. The molecule has 21 heavy (non-hydrogen) atoms. The largest absolute Gasteiger partial charge is 0.456 e. The highest BCUT2D eigenvalue weighted by atomic mass is 35.5. The van der Waals surface area contributed by atoms with Crippen molar-refractivity contribution in [3.05, 3.63) is 71.2 Å². The lowest BCUT2D eigenvalue weighted by atomic mass is 10.1. The van der Waals surface area contributed by atoms with Crippen molar-refractivity contribution in [3.63, 3.8) is 0 Å². The van der Waals surface area contributed by atoms with E-state index < -0.39 is 6.10 Å². The fourth-order valence-corrected chi connectivity index (χ4v) is 2.59. The van der Waals surface area contributed by atoms with Gasteiger partial charge in [-0.1, -0.05) is 54.1 Å². The Balaban J connectivity index is 2.09. The van der Waals surface area contributed by atoms with Crippen molar-refractivity contribution in [2.24, 2.45) is 0 Å². The molecule has 3 heteroatoms. The smallest absolute Gasteiger partial charge is 0.135 e. The van der Waals surface area contributed by atoms with E-state index in [0.29, 0.717) is 10.8 Å². The summed E-state index contributed by atoms with van der Waals surface area (Å²) in [6.45, 7) is 1.72. The van der Waals surface area contributed by atoms with Crippen LogP contribution in [-0.4, -0.2) is 5.11 Å². The zero-order valence-corrected chi connectivity index (χ0v) is 12.3. The Hall–Kier alpha value is -2.03. The third-order valence-corrected chi connectivity index (χ3v) is 3.75. The molecule has 0 heterocycles. The van der Waals surface area contributed by atoms with Gasteiger partial charge in [-0.05, 0) is 25.1 Å². The van der Waals surface area contributed by atoms with Gasteiger partial charge in [0.25, 0.3) is 0 Å². The standard InChI is InChI=1S/C18H15ClO2/c1-12(20)13-6-4-5-9-17(13)21-18-11-10-16(19)14-7-2-3-8-15(14)18/h2-12,20H,1H3/t12-/m0/s1. The second-order valence-electron chi connectivity index (χ2n) is 4.91. The Morgan fingerprint density at radius 2 is 1.52 bits per heavy atom. The van der Waals surface area contributed by atoms with Crippen LogP contribution in [0.3, 0.4) is 0 Å². The first kappa shape index (κ1) is 13.9. The van der Waals surface area contributed by atoms with Gasteiger partial charge >= 0.3 is 0 Å². The molecule has 3 aromatic rings. The van der Waals surface area contributed by atoms with Crippen LogP contribution < -0.4 is 4.74 Å². The van der Waals surface area contributed by atoms with Crippen LogP contribution in [0.2, 0.25) is 5.02 Å². The van der Waals surface area contributed by atoms with Gasteiger partial charge in [0.15, 0.2) is 0 Å². The lowest BCUT2D eigenvalue weighted by Crippen LogP contribution is -1.96. The van der Waals surface area contributed by atoms with Crippen molar-refractivity contribution in [3.8, 4) is 11.5 Å². The second-order valence-corrected chi connectivity index (χ2v) is 5.31. The molecule has 0 aliphatic heterocycles. The Bertz CT molecular complexity index is 781. The summed E-state index contributed by atoms with van der Waals surface area (Å²) in [6.07, 6.45) is -0.584. The summed E-state index contributed by atoms with van der Waals surface area (Å²) in [6, 6.07) is 19.0. The topological polar surface area (TPSA) is 29.5 Å². The van der Waals surface area contributed by atoms with Crippen LogP contribution in [0.5, 0.6) is 11.5 Å². The van der Waals surface area contributed by atoms with Gasteiger partial charge in [0, 0.05) is 21.4 Å². The first-order chi connectivity index (χ1) is 10.2. The summed E-state index contributed by atoms with van der Waals surface area (Å²) in [5, 5.41) is 12.4. The summed E-state index contributed by atoms with van der Waals surface area (Å²) in [5.74, 6) is 1.38.